The average molecular weight is 349 g/mol. The molecule has 0 spiro atoms. The number of nitrogens with one attached hydrogen (secondary N) is 1. The quantitative estimate of drug-likeness (QED) is 0.826. The third kappa shape index (κ3) is 3.19. The van der Waals surface area contributed by atoms with Crippen molar-refractivity contribution in [2.24, 2.45) is 0 Å². The van der Waals surface area contributed by atoms with E-state index in [1.807, 2.05) is 26.0 Å². The molecule has 110 valence electrons. The monoisotopic (exact) mass is 348 g/mol. The Morgan fingerprint density at radius 3 is 2.62 bits per heavy atom. The van der Waals surface area contributed by atoms with E-state index in [0.29, 0.717) is 17.0 Å². The van der Waals surface area contributed by atoms with Gasteiger partial charge in [0, 0.05) is 15.8 Å². The molecule has 2 rings (SSSR count). The third-order valence-electron chi connectivity index (χ3n) is 3.36. The zero-order valence-corrected chi connectivity index (χ0v) is 13.7. The summed E-state index contributed by atoms with van der Waals surface area (Å²) in [6.07, 6.45) is 0. The van der Waals surface area contributed by atoms with Crippen molar-refractivity contribution in [2.75, 3.05) is 18.2 Å². The van der Waals surface area contributed by atoms with Crippen LogP contribution in [0, 0.1) is 13.8 Å². The van der Waals surface area contributed by atoms with Gasteiger partial charge in [0.15, 0.2) is 0 Å². The number of hydrogen-bond acceptors (Lipinski definition) is 3. The molecule has 0 saturated heterocycles. The molecule has 0 aliphatic heterocycles. The molecule has 4 nitrogen and oxygen atoms in total. The predicted octanol–water partition coefficient (Wildman–Crippen LogP) is 3.91. The molecule has 0 aromatic heterocycles. The number of methoxy groups -OCH3 is 1. The predicted molar refractivity (Wildman–Crippen MR) is 89.0 cm³/mol. The Bertz CT molecular complexity index is 699. The number of halogens is 1. The highest BCUT2D eigenvalue weighted by Gasteiger charge is 2.15. The number of ether oxygens (including phenoxy) is 1. The number of amides is 1. The lowest BCUT2D eigenvalue weighted by Crippen LogP contribution is -2.15. The third-order valence-corrected chi connectivity index (χ3v) is 3.86. The highest BCUT2D eigenvalue weighted by Crippen LogP contribution is 2.28. The standard InChI is InChI=1S/C16H17BrN2O2/c1-9-4-7-13(18)10(2)15(9)19-16(20)12-6-5-11(17)8-14(12)21-3/h4-8H,18H2,1-3H3,(H,19,20). The fourth-order valence-electron chi connectivity index (χ4n) is 2.09. The van der Waals surface area contributed by atoms with Crippen molar-refractivity contribution in [3.63, 3.8) is 0 Å². The van der Waals surface area contributed by atoms with E-state index < -0.39 is 0 Å². The number of carbonyl (C=O) groups is 1. The summed E-state index contributed by atoms with van der Waals surface area (Å²) in [6, 6.07) is 9.00. The van der Waals surface area contributed by atoms with E-state index >= 15 is 0 Å². The SMILES string of the molecule is COc1cc(Br)ccc1C(=O)Nc1c(C)ccc(N)c1C. The second-order valence-electron chi connectivity index (χ2n) is 4.77. The summed E-state index contributed by atoms with van der Waals surface area (Å²) < 4.78 is 6.11. The first-order chi connectivity index (χ1) is 9.93. The number of carbonyl (C=O) groups excluding carboxylic acids is 1. The van der Waals surface area contributed by atoms with Crippen molar-refractivity contribution in [3.05, 3.63) is 51.5 Å². The Kier molecular flexibility index (Phi) is 4.53. The molecule has 0 heterocycles. The van der Waals surface area contributed by atoms with Crippen molar-refractivity contribution in [1.29, 1.82) is 0 Å². The van der Waals surface area contributed by atoms with E-state index in [-0.39, 0.29) is 5.91 Å². The molecule has 0 radical (unpaired) electrons. The number of hydrogen-bond donors (Lipinski definition) is 2. The van der Waals surface area contributed by atoms with Crippen LogP contribution in [-0.4, -0.2) is 13.0 Å². The molecular weight excluding hydrogens is 332 g/mol. The van der Waals surface area contributed by atoms with Crippen LogP contribution in [0.25, 0.3) is 0 Å². The van der Waals surface area contributed by atoms with Gasteiger partial charge in [-0.3, -0.25) is 4.79 Å². The lowest BCUT2D eigenvalue weighted by atomic mass is 10.1. The molecular formula is C16H17BrN2O2. The second kappa shape index (κ2) is 6.18. The van der Waals surface area contributed by atoms with Gasteiger partial charge in [-0.1, -0.05) is 22.0 Å². The molecule has 0 aliphatic rings. The molecule has 1 amide bonds. The number of nitrogens with two attached hydrogens (primary N) is 1. The number of rotatable bonds is 3. The van der Waals surface area contributed by atoms with Crippen LogP contribution in [0.4, 0.5) is 11.4 Å². The smallest absolute Gasteiger partial charge is 0.259 e. The largest absolute Gasteiger partial charge is 0.496 e. The summed E-state index contributed by atoms with van der Waals surface area (Å²) in [5, 5.41) is 2.92. The van der Waals surface area contributed by atoms with E-state index in [0.717, 1.165) is 21.3 Å². The average Bonchev–Trinajstić information content (AvgIpc) is 2.47. The van der Waals surface area contributed by atoms with Gasteiger partial charge in [-0.15, -0.1) is 0 Å². The van der Waals surface area contributed by atoms with Gasteiger partial charge in [-0.05, 0) is 49.2 Å². The molecule has 0 bridgehead atoms. The van der Waals surface area contributed by atoms with Crippen molar-refractivity contribution in [1.82, 2.24) is 0 Å². The topological polar surface area (TPSA) is 64.3 Å². The summed E-state index contributed by atoms with van der Waals surface area (Å²) in [5.74, 6) is 0.289. The van der Waals surface area contributed by atoms with Crippen LogP contribution in [0.1, 0.15) is 21.5 Å². The Hall–Kier alpha value is -2.01. The number of nitrogen functional groups attached to an aromatic ring is 1. The fraction of sp³-hybridized carbons (Fsp3) is 0.188. The lowest BCUT2D eigenvalue weighted by Gasteiger charge is -2.15. The van der Waals surface area contributed by atoms with Gasteiger partial charge in [0.05, 0.1) is 12.7 Å². The van der Waals surface area contributed by atoms with E-state index in [4.69, 9.17) is 10.5 Å². The van der Waals surface area contributed by atoms with Crippen LogP contribution in [0.2, 0.25) is 0 Å². The van der Waals surface area contributed by atoms with Crippen molar-refractivity contribution in [2.45, 2.75) is 13.8 Å². The number of aryl methyl sites for hydroxylation is 1. The Balaban J connectivity index is 2.37. The molecule has 0 saturated carbocycles. The molecule has 21 heavy (non-hydrogen) atoms. The van der Waals surface area contributed by atoms with Crippen molar-refractivity contribution < 1.29 is 9.53 Å². The van der Waals surface area contributed by atoms with Crippen LogP contribution in [-0.2, 0) is 0 Å². The van der Waals surface area contributed by atoms with E-state index in [1.54, 1.807) is 18.2 Å². The van der Waals surface area contributed by atoms with E-state index in [2.05, 4.69) is 21.2 Å². The molecule has 2 aromatic carbocycles. The first-order valence-electron chi connectivity index (χ1n) is 6.44. The summed E-state index contributed by atoms with van der Waals surface area (Å²) in [6.45, 7) is 3.82. The number of benzene rings is 2. The minimum absolute atomic E-state index is 0.226. The van der Waals surface area contributed by atoms with Gasteiger partial charge in [0.25, 0.3) is 5.91 Å². The van der Waals surface area contributed by atoms with Gasteiger partial charge >= 0.3 is 0 Å². The van der Waals surface area contributed by atoms with Crippen LogP contribution < -0.4 is 15.8 Å². The molecule has 5 heteroatoms. The van der Waals surface area contributed by atoms with Crippen LogP contribution in [0.3, 0.4) is 0 Å². The lowest BCUT2D eigenvalue weighted by molar-refractivity contribution is 0.102. The minimum Gasteiger partial charge on any atom is -0.496 e. The van der Waals surface area contributed by atoms with Gasteiger partial charge < -0.3 is 15.8 Å². The van der Waals surface area contributed by atoms with Crippen molar-refractivity contribution in [3.8, 4) is 5.75 Å². The second-order valence-corrected chi connectivity index (χ2v) is 5.69. The maximum Gasteiger partial charge on any atom is 0.259 e. The maximum absolute atomic E-state index is 12.5. The van der Waals surface area contributed by atoms with Gasteiger partial charge in [-0.25, -0.2) is 0 Å². The first kappa shape index (κ1) is 15.4. The maximum atomic E-state index is 12.5. The zero-order valence-electron chi connectivity index (χ0n) is 12.2. The Labute approximate surface area is 132 Å². The van der Waals surface area contributed by atoms with Crippen LogP contribution in [0.15, 0.2) is 34.8 Å². The van der Waals surface area contributed by atoms with E-state index in [9.17, 15) is 4.79 Å². The minimum atomic E-state index is -0.226. The molecule has 3 N–H and O–H groups in total. The molecule has 0 atom stereocenters. The fourth-order valence-corrected chi connectivity index (χ4v) is 2.43. The summed E-state index contributed by atoms with van der Waals surface area (Å²) in [5.41, 5.74) is 9.59. The van der Waals surface area contributed by atoms with Crippen LogP contribution in [0.5, 0.6) is 5.75 Å². The number of anilines is 2. The first-order valence-corrected chi connectivity index (χ1v) is 7.24. The van der Waals surface area contributed by atoms with Gasteiger partial charge in [0.2, 0.25) is 0 Å². The van der Waals surface area contributed by atoms with Crippen LogP contribution >= 0.6 is 15.9 Å². The summed E-state index contributed by atoms with van der Waals surface area (Å²) in [4.78, 5) is 12.5. The highest BCUT2D eigenvalue weighted by atomic mass is 79.9. The van der Waals surface area contributed by atoms with Gasteiger partial charge in [-0.2, -0.15) is 0 Å². The van der Waals surface area contributed by atoms with Crippen molar-refractivity contribution >= 4 is 33.2 Å². The summed E-state index contributed by atoms with van der Waals surface area (Å²) >= 11 is 3.36. The van der Waals surface area contributed by atoms with Gasteiger partial charge in [0.1, 0.15) is 5.75 Å². The molecule has 2 aromatic rings. The Morgan fingerprint density at radius 1 is 1.24 bits per heavy atom. The molecule has 0 unspecified atom stereocenters. The molecule has 0 fully saturated rings. The molecule has 0 aliphatic carbocycles. The Morgan fingerprint density at radius 2 is 1.95 bits per heavy atom. The normalized spacial score (nSPS) is 10.3. The van der Waals surface area contributed by atoms with E-state index in [1.165, 1.54) is 7.11 Å². The summed E-state index contributed by atoms with van der Waals surface area (Å²) in [7, 11) is 1.54. The highest BCUT2D eigenvalue weighted by molar-refractivity contribution is 9.10. The zero-order chi connectivity index (χ0) is 15.6.